The first kappa shape index (κ1) is 11.5. The van der Waals surface area contributed by atoms with Crippen molar-refractivity contribution in [3.05, 3.63) is 35.4 Å². The number of benzene rings is 1. The van der Waals surface area contributed by atoms with Crippen LogP contribution in [-0.2, 0) is 11.2 Å². The predicted octanol–water partition coefficient (Wildman–Crippen LogP) is 1.89. The molecule has 0 bridgehead atoms. The fourth-order valence-electron chi connectivity index (χ4n) is 1.84. The lowest BCUT2D eigenvalue weighted by Crippen LogP contribution is -2.41. The lowest BCUT2D eigenvalue weighted by atomic mass is 10.0. The molecule has 16 heavy (non-hydrogen) atoms. The Labute approximate surface area is 93.6 Å². The van der Waals surface area contributed by atoms with Crippen molar-refractivity contribution in [1.82, 2.24) is 5.32 Å². The molecule has 1 N–H and O–H groups in total. The minimum absolute atomic E-state index is 0.321. The van der Waals surface area contributed by atoms with Crippen LogP contribution in [0.1, 0.15) is 12.0 Å². The van der Waals surface area contributed by atoms with E-state index in [2.05, 4.69) is 5.32 Å². The molecule has 1 heterocycles. The van der Waals surface area contributed by atoms with Crippen molar-refractivity contribution in [2.45, 2.75) is 18.9 Å². The van der Waals surface area contributed by atoms with E-state index in [1.807, 2.05) is 0 Å². The van der Waals surface area contributed by atoms with E-state index in [1.165, 1.54) is 12.1 Å². The Morgan fingerprint density at radius 3 is 2.88 bits per heavy atom. The molecule has 1 aromatic carbocycles. The summed E-state index contributed by atoms with van der Waals surface area (Å²) < 4.78 is 30.9. The topological polar surface area (TPSA) is 21.3 Å². The van der Waals surface area contributed by atoms with E-state index in [0.29, 0.717) is 12.6 Å². The molecular weight excluding hydrogens is 212 g/mol. The molecular formula is C12H15F2NO. The van der Waals surface area contributed by atoms with Crippen molar-refractivity contribution in [3.8, 4) is 0 Å². The number of hydrogen-bond acceptors (Lipinski definition) is 2. The van der Waals surface area contributed by atoms with Crippen LogP contribution in [0.25, 0.3) is 0 Å². The maximum atomic E-state index is 12.9. The lowest BCUT2D eigenvalue weighted by molar-refractivity contribution is 0.0743. The Bertz CT molecular complexity index is 351. The number of hydrogen-bond donors (Lipinski definition) is 1. The molecule has 1 unspecified atom stereocenters. The van der Waals surface area contributed by atoms with Crippen molar-refractivity contribution in [2.75, 3.05) is 19.8 Å². The van der Waals surface area contributed by atoms with Gasteiger partial charge in [-0.1, -0.05) is 6.07 Å². The number of aryl methyl sites for hydroxylation is 1. The second-order valence-electron chi connectivity index (χ2n) is 4.01. The van der Waals surface area contributed by atoms with Gasteiger partial charge >= 0.3 is 0 Å². The highest BCUT2D eigenvalue weighted by Gasteiger charge is 2.12. The summed E-state index contributed by atoms with van der Waals surface area (Å²) >= 11 is 0. The van der Waals surface area contributed by atoms with Gasteiger partial charge in [0, 0.05) is 12.6 Å². The van der Waals surface area contributed by atoms with Crippen LogP contribution < -0.4 is 5.32 Å². The summed E-state index contributed by atoms with van der Waals surface area (Å²) in [4.78, 5) is 0. The predicted molar refractivity (Wildman–Crippen MR) is 57.3 cm³/mol. The van der Waals surface area contributed by atoms with Crippen LogP contribution >= 0.6 is 0 Å². The molecule has 1 aromatic rings. The van der Waals surface area contributed by atoms with E-state index in [-0.39, 0.29) is 0 Å². The number of ether oxygens (including phenoxy) is 1. The molecule has 0 radical (unpaired) electrons. The SMILES string of the molecule is Fc1ccc(CCC2COCCN2)cc1F. The molecule has 0 spiro atoms. The first-order chi connectivity index (χ1) is 7.75. The molecule has 0 saturated carbocycles. The van der Waals surface area contributed by atoms with E-state index in [9.17, 15) is 8.78 Å². The molecule has 2 rings (SSSR count). The third kappa shape index (κ3) is 3.00. The summed E-state index contributed by atoms with van der Waals surface area (Å²) in [5.41, 5.74) is 0.825. The fourth-order valence-corrected chi connectivity index (χ4v) is 1.84. The normalized spacial score (nSPS) is 21.0. The van der Waals surface area contributed by atoms with Gasteiger partial charge in [0.1, 0.15) is 0 Å². The standard InChI is InChI=1S/C12H15F2NO/c13-11-4-2-9(7-12(11)14)1-3-10-8-16-6-5-15-10/h2,4,7,10,15H,1,3,5-6,8H2. The number of nitrogens with one attached hydrogen (secondary N) is 1. The van der Waals surface area contributed by atoms with Crippen LogP contribution in [-0.4, -0.2) is 25.8 Å². The van der Waals surface area contributed by atoms with Crippen LogP contribution in [0.2, 0.25) is 0 Å². The lowest BCUT2D eigenvalue weighted by Gasteiger charge is -2.23. The molecule has 0 aliphatic carbocycles. The zero-order valence-corrected chi connectivity index (χ0v) is 9.01. The van der Waals surface area contributed by atoms with Gasteiger partial charge in [-0.25, -0.2) is 8.78 Å². The largest absolute Gasteiger partial charge is 0.379 e. The van der Waals surface area contributed by atoms with Gasteiger partial charge in [-0.15, -0.1) is 0 Å². The third-order valence-corrected chi connectivity index (χ3v) is 2.76. The molecule has 88 valence electrons. The molecule has 1 fully saturated rings. The highest BCUT2D eigenvalue weighted by Crippen LogP contribution is 2.12. The van der Waals surface area contributed by atoms with Crippen LogP contribution in [0.4, 0.5) is 8.78 Å². The molecule has 0 amide bonds. The molecule has 4 heteroatoms. The Morgan fingerprint density at radius 1 is 1.31 bits per heavy atom. The zero-order chi connectivity index (χ0) is 11.4. The van der Waals surface area contributed by atoms with E-state index >= 15 is 0 Å². The van der Waals surface area contributed by atoms with Gasteiger partial charge in [0.25, 0.3) is 0 Å². The van der Waals surface area contributed by atoms with E-state index in [1.54, 1.807) is 6.07 Å². The maximum Gasteiger partial charge on any atom is 0.159 e. The Morgan fingerprint density at radius 2 is 2.19 bits per heavy atom. The Balaban J connectivity index is 1.86. The highest BCUT2D eigenvalue weighted by atomic mass is 19.2. The van der Waals surface area contributed by atoms with Crippen LogP contribution in [0.15, 0.2) is 18.2 Å². The second kappa shape index (κ2) is 5.37. The quantitative estimate of drug-likeness (QED) is 0.851. The average molecular weight is 227 g/mol. The number of rotatable bonds is 3. The highest BCUT2D eigenvalue weighted by molar-refractivity contribution is 5.18. The molecule has 2 nitrogen and oxygen atoms in total. The van der Waals surface area contributed by atoms with Crippen molar-refractivity contribution >= 4 is 0 Å². The molecule has 1 saturated heterocycles. The molecule has 0 aromatic heterocycles. The summed E-state index contributed by atoms with van der Waals surface area (Å²) in [5.74, 6) is -1.56. The van der Waals surface area contributed by atoms with Gasteiger partial charge in [0.2, 0.25) is 0 Å². The van der Waals surface area contributed by atoms with Gasteiger partial charge in [-0.05, 0) is 30.5 Å². The van der Waals surface area contributed by atoms with Crippen molar-refractivity contribution < 1.29 is 13.5 Å². The van der Waals surface area contributed by atoms with Crippen LogP contribution in [0.3, 0.4) is 0 Å². The Hall–Kier alpha value is -1.00. The summed E-state index contributed by atoms with van der Waals surface area (Å²) in [6.45, 7) is 2.31. The van der Waals surface area contributed by atoms with Crippen molar-refractivity contribution in [3.63, 3.8) is 0 Å². The van der Waals surface area contributed by atoms with E-state index in [0.717, 1.165) is 31.6 Å². The van der Waals surface area contributed by atoms with Crippen LogP contribution in [0.5, 0.6) is 0 Å². The summed E-state index contributed by atoms with van der Waals surface area (Å²) in [6.07, 6.45) is 1.61. The fraction of sp³-hybridized carbons (Fsp3) is 0.500. The monoisotopic (exact) mass is 227 g/mol. The smallest absolute Gasteiger partial charge is 0.159 e. The Kier molecular flexibility index (Phi) is 3.85. The number of halogens is 2. The summed E-state index contributed by atoms with van der Waals surface area (Å²) in [5, 5.41) is 3.32. The van der Waals surface area contributed by atoms with Gasteiger partial charge in [0.05, 0.1) is 13.2 Å². The molecule has 1 aliphatic rings. The van der Waals surface area contributed by atoms with E-state index < -0.39 is 11.6 Å². The van der Waals surface area contributed by atoms with Crippen LogP contribution in [0, 0.1) is 11.6 Å². The first-order valence-corrected chi connectivity index (χ1v) is 5.51. The van der Waals surface area contributed by atoms with Crippen molar-refractivity contribution in [1.29, 1.82) is 0 Å². The van der Waals surface area contributed by atoms with Gasteiger partial charge in [-0.2, -0.15) is 0 Å². The van der Waals surface area contributed by atoms with Gasteiger partial charge in [0.15, 0.2) is 11.6 Å². The minimum Gasteiger partial charge on any atom is -0.379 e. The molecule has 1 atom stereocenters. The minimum atomic E-state index is -0.789. The first-order valence-electron chi connectivity index (χ1n) is 5.51. The second-order valence-corrected chi connectivity index (χ2v) is 4.01. The third-order valence-electron chi connectivity index (χ3n) is 2.76. The van der Waals surface area contributed by atoms with Gasteiger partial charge < -0.3 is 10.1 Å². The van der Waals surface area contributed by atoms with Crippen molar-refractivity contribution in [2.24, 2.45) is 0 Å². The average Bonchev–Trinajstić information content (AvgIpc) is 2.32. The zero-order valence-electron chi connectivity index (χ0n) is 9.01. The molecule has 1 aliphatic heterocycles. The number of morpholine rings is 1. The summed E-state index contributed by atoms with van der Waals surface area (Å²) in [7, 11) is 0. The summed E-state index contributed by atoms with van der Waals surface area (Å²) in [6, 6.07) is 4.39. The maximum absolute atomic E-state index is 12.9. The van der Waals surface area contributed by atoms with Gasteiger partial charge in [-0.3, -0.25) is 0 Å². The van der Waals surface area contributed by atoms with E-state index in [4.69, 9.17) is 4.74 Å².